The van der Waals surface area contributed by atoms with Crippen LogP contribution in [0.15, 0.2) is 18.2 Å². The van der Waals surface area contributed by atoms with Crippen molar-refractivity contribution in [1.82, 2.24) is 9.80 Å². The smallest absolute Gasteiger partial charge is 0.227 e. The van der Waals surface area contributed by atoms with Gasteiger partial charge in [-0.2, -0.15) is 0 Å². The molecule has 5 nitrogen and oxygen atoms in total. The molecule has 2 N–H and O–H groups in total. The van der Waals surface area contributed by atoms with Crippen LogP contribution in [0.25, 0.3) is 0 Å². The summed E-state index contributed by atoms with van der Waals surface area (Å²) in [6.07, 6.45) is 1.99. The summed E-state index contributed by atoms with van der Waals surface area (Å²) in [5.74, 6) is -1.37. The van der Waals surface area contributed by atoms with Gasteiger partial charge in [-0.3, -0.25) is 4.79 Å². The van der Waals surface area contributed by atoms with Crippen LogP contribution in [0.2, 0.25) is 0 Å². The Balaban J connectivity index is 1.55. The molecule has 0 bridgehead atoms. The lowest BCUT2D eigenvalue weighted by Crippen LogP contribution is -2.40. The van der Waals surface area contributed by atoms with Crippen molar-refractivity contribution in [2.75, 3.05) is 45.9 Å². The van der Waals surface area contributed by atoms with Crippen molar-refractivity contribution in [3.63, 3.8) is 0 Å². The van der Waals surface area contributed by atoms with E-state index in [4.69, 9.17) is 0 Å². The molecule has 0 aliphatic carbocycles. The molecule has 2 aliphatic rings. The normalized spacial score (nSPS) is 24.5. The van der Waals surface area contributed by atoms with Gasteiger partial charge in [0.15, 0.2) is 11.6 Å². The summed E-state index contributed by atoms with van der Waals surface area (Å²) in [6, 6.07) is 3.53. The number of carbonyl (C=O) groups excluding carboxylic acids is 1. The third-order valence-electron chi connectivity index (χ3n) is 5.96. The van der Waals surface area contributed by atoms with Gasteiger partial charge in [0.2, 0.25) is 5.91 Å². The lowest BCUT2D eigenvalue weighted by Gasteiger charge is -2.33. The lowest BCUT2D eigenvalue weighted by atomic mass is 9.93. The molecule has 2 aliphatic heterocycles. The summed E-state index contributed by atoms with van der Waals surface area (Å²) in [5, 5.41) is 19.0. The number of rotatable bonds is 6. The molecule has 2 saturated heterocycles. The van der Waals surface area contributed by atoms with Crippen molar-refractivity contribution in [1.29, 1.82) is 0 Å². The van der Waals surface area contributed by atoms with Gasteiger partial charge >= 0.3 is 0 Å². The molecule has 0 radical (unpaired) electrons. The molecule has 27 heavy (non-hydrogen) atoms. The first-order valence-corrected chi connectivity index (χ1v) is 9.66. The van der Waals surface area contributed by atoms with Gasteiger partial charge < -0.3 is 20.0 Å². The topological polar surface area (TPSA) is 64.0 Å². The zero-order chi connectivity index (χ0) is 19.4. The summed E-state index contributed by atoms with van der Waals surface area (Å²) < 4.78 is 26.4. The van der Waals surface area contributed by atoms with Gasteiger partial charge in [-0.15, -0.1) is 0 Å². The Labute approximate surface area is 158 Å². The molecule has 2 heterocycles. The number of piperidine rings is 1. The summed E-state index contributed by atoms with van der Waals surface area (Å²) in [4.78, 5) is 16.7. The number of amides is 1. The molecule has 1 amide bonds. The van der Waals surface area contributed by atoms with Crippen LogP contribution in [-0.4, -0.2) is 71.9 Å². The van der Waals surface area contributed by atoms with Crippen LogP contribution in [0.3, 0.4) is 0 Å². The molecule has 3 rings (SSSR count). The Morgan fingerprint density at radius 1 is 1.04 bits per heavy atom. The molecule has 0 saturated carbocycles. The predicted octanol–water partition coefficient (Wildman–Crippen LogP) is 1.28. The van der Waals surface area contributed by atoms with Gasteiger partial charge in [0.1, 0.15) is 0 Å². The number of carbonyl (C=O) groups is 1. The highest BCUT2D eigenvalue weighted by molar-refractivity contribution is 5.79. The third kappa shape index (κ3) is 5.03. The van der Waals surface area contributed by atoms with Crippen LogP contribution in [0.1, 0.15) is 18.4 Å². The van der Waals surface area contributed by atoms with Gasteiger partial charge in [-0.25, -0.2) is 8.78 Å². The highest BCUT2D eigenvalue weighted by Gasteiger charge is 2.36. The van der Waals surface area contributed by atoms with Gasteiger partial charge in [0, 0.05) is 38.8 Å². The number of benzene rings is 1. The van der Waals surface area contributed by atoms with Crippen LogP contribution in [0.5, 0.6) is 0 Å². The number of hydrogen-bond donors (Lipinski definition) is 2. The number of nitrogens with zero attached hydrogens (tertiary/aromatic N) is 2. The number of aliphatic hydroxyl groups excluding tert-OH is 2. The Bertz CT molecular complexity index is 650. The molecule has 2 fully saturated rings. The first kappa shape index (κ1) is 20.2. The summed E-state index contributed by atoms with van der Waals surface area (Å²) in [5.41, 5.74) is 0.453. The molecule has 2 atom stereocenters. The maximum absolute atomic E-state index is 13.3. The standard InChI is InChI=1S/C20H28F2N2O3/c21-18-2-1-15(7-19(18)22)8-20(27)24-10-16(17(11-24)13-26)9-23-5-3-14(12-25)4-6-23/h1-2,7,14,16-17,25-26H,3-6,8-13H2/t16-,17-/m1/s1. The van der Waals surface area contributed by atoms with E-state index in [1.165, 1.54) is 6.07 Å². The van der Waals surface area contributed by atoms with Crippen LogP contribution in [0, 0.1) is 29.4 Å². The number of aliphatic hydroxyl groups is 2. The Morgan fingerprint density at radius 3 is 2.37 bits per heavy atom. The van der Waals surface area contributed by atoms with Crippen molar-refractivity contribution >= 4 is 5.91 Å². The predicted molar refractivity (Wildman–Crippen MR) is 97.0 cm³/mol. The highest BCUT2D eigenvalue weighted by Crippen LogP contribution is 2.27. The highest BCUT2D eigenvalue weighted by atomic mass is 19.2. The Morgan fingerprint density at radius 2 is 1.74 bits per heavy atom. The van der Waals surface area contributed by atoms with Crippen molar-refractivity contribution in [3.8, 4) is 0 Å². The first-order valence-electron chi connectivity index (χ1n) is 9.66. The van der Waals surface area contributed by atoms with E-state index in [1.54, 1.807) is 4.90 Å². The lowest BCUT2D eigenvalue weighted by molar-refractivity contribution is -0.129. The van der Waals surface area contributed by atoms with E-state index in [-0.39, 0.29) is 37.4 Å². The summed E-state index contributed by atoms with van der Waals surface area (Å²) in [7, 11) is 0. The molecule has 0 spiro atoms. The second-order valence-electron chi connectivity index (χ2n) is 7.85. The van der Waals surface area contributed by atoms with E-state index < -0.39 is 11.6 Å². The second kappa shape index (κ2) is 9.08. The van der Waals surface area contributed by atoms with E-state index >= 15 is 0 Å². The van der Waals surface area contributed by atoms with Crippen molar-refractivity contribution < 1.29 is 23.8 Å². The minimum absolute atomic E-state index is 0.0317. The third-order valence-corrected chi connectivity index (χ3v) is 5.96. The Hall–Kier alpha value is -1.57. The maximum Gasteiger partial charge on any atom is 0.227 e. The fourth-order valence-corrected chi connectivity index (χ4v) is 4.18. The molecule has 1 aromatic carbocycles. The van der Waals surface area contributed by atoms with E-state index in [1.807, 2.05) is 0 Å². The molecule has 1 aromatic rings. The Kier molecular flexibility index (Phi) is 6.78. The average Bonchev–Trinajstić information content (AvgIpc) is 3.08. The van der Waals surface area contributed by atoms with E-state index in [2.05, 4.69) is 4.90 Å². The molecular weight excluding hydrogens is 354 g/mol. The minimum Gasteiger partial charge on any atom is -0.396 e. The van der Waals surface area contributed by atoms with Crippen LogP contribution in [-0.2, 0) is 11.2 Å². The van der Waals surface area contributed by atoms with Gasteiger partial charge in [-0.05, 0) is 55.5 Å². The zero-order valence-electron chi connectivity index (χ0n) is 15.5. The van der Waals surface area contributed by atoms with Crippen molar-refractivity contribution in [2.45, 2.75) is 19.3 Å². The number of halogens is 2. The largest absolute Gasteiger partial charge is 0.396 e. The minimum atomic E-state index is -0.945. The van der Waals surface area contributed by atoms with Gasteiger partial charge in [0.25, 0.3) is 0 Å². The fraction of sp³-hybridized carbons (Fsp3) is 0.650. The molecule has 7 heteroatoms. The second-order valence-corrected chi connectivity index (χ2v) is 7.85. The average molecular weight is 382 g/mol. The van der Waals surface area contributed by atoms with Crippen LogP contribution < -0.4 is 0 Å². The zero-order valence-corrected chi connectivity index (χ0v) is 15.5. The van der Waals surface area contributed by atoms with E-state index in [0.29, 0.717) is 24.6 Å². The molecular formula is C20H28F2N2O3. The van der Waals surface area contributed by atoms with Crippen LogP contribution in [0.4, 0.5) is 8.78 Å². The van der Waals surface area contributed by atoms with Gasteiger partial charge in [-0.1, -0.05) is 6.07 Å². The van der Waals surface area contributed by atoms with Crippen molar-refractivity contribution in [2.24, 2.45) is 17.8 Å². The molecule has 0 aromatic heterocycles. The summed E-state index contributed by atoms with van der Waals surface area (Å²) in [6.45, 7) is 4.05. The monoisotopic (exact) mass is 382 g/mol. The SMILES string of the molecule is O=C(Cc1ccc(F)c(F)c1)N1C[C@@H](CN2CCC(CO)CC2)[C@@H](CO)C1. The summed E-state index contributed by atoms with van der Waals surface area (Å²) >= 11 is 0. The number of likely N-dealkylation sites (tertiary alicyclic amines) is 2. The fourth-order valence-electron chi connectivity index (χ4n) is 4.18. The number of hydrogen-bond acceptors (Lipinski definition) is 4. The van der Waals surface area contributed by atoms with E-state index in [0.717, 1.165) is 44.6 Å². The van der Waals surface area contributed by atoms with Crippen LogP contribution >= 0.6 is 0 Å². The quantitative estimate of drug-likeness (QED) is 0.778. The first-order chi connectivity index (χ1) is 13.0. The van der Waals surface area contributed by atoms with E-state index in [9.17, 15) is 23.8 Å². The van der Waals surface area contributed by atoms with Gasteiger partial charge in [0.05, 0.1) is 6.42 Å². The maximum atomic E-state index is 13.3. The van der Waals surface area contributed by atoms with Crippen molar-refractivity contribution in [3.05, 3.63) is 35.4 Å². The molecule has 0 unspecified atom stereocenters. The molecule has 150 valence electrons.